The van der Waals surface area contributed by atoms with Crippen LogP contribution in [0.5, 0.6) is 0 Å². The van der Waals surface area contributed by atoms with Crippen LogP contribution in [0.2, 0.25) is 0 Å². The average molecular weight is 304 g/mol. The van der Waals surface area contributed by atoms with Crippen molar-refractivity contribution in [3.8, 4) is 0 Å². The van der Waals surface area contributed by atoms with E-state index in [4.69, 9.17) is 0 Å². The number of rotatable bonds is 3. The summed E-state index contributed by atoms with van der Waals surface area (Å²) in [6.45, 7) is 5.98. The Bertz CT molecular complexity index is 316. The van der Waals surface area contributed by atoms with Crippen molar-refractivity contribution in [3.05, 3.63) is 41.0 Å². The molecule has 0 amide bonds. The summed E-state index contributed by atoms with van der Waals surface area (Å²) in [5.74, 6) is 0. The summed E-state index contributed by atoms with van der Waals surface area (Å²) < 4.78 is 0. The largest absolute Gasteiger partial charge is 0.0984 e. The van der Waals surface area contributed by atoms with Crippen LogP contribution >= 0.6 is 31.9 Å². The van der Waals surface area contributed by atoms with E-state index in [1.54, 1.807) is 0 Å². The van der Waals surface area contributed by atoms with Gasteiger partial charge in [-0.2, -0.15) is 0 Å². The molecule has 1 aromatic rings. The molecule has 0 aliphatic rings. The van der Waals surface area contributed by atoms with Gasteiger partial charge in [-0.15, -0.1) is 0 Å². The highest BCUT2D eigenvalue weighted by molar-refractivity contribution is 9.08. The first-order valence-corrected chi connectivity index (χ1v) is 6.34. The molecular formula is C11H12Br2. The molecule has 0 saturated heterocycles. The van der Waals surface area contributed by atoms with Gasteiger partial charge in [-0.3, -0.25) is 0 Å². The lowest BCUT2D eigenvalue weighted by molar-refractivity contribution is 1.26. The third kappa shape index (κ3) is 2.23. The quantitative estimate of drug-likeness (QED) is 0.725. The monoisotopic (exact) mass is 302 g/mol. The van der Waals surface area contributed by atoms with E-state index in [2.05, 4.69) is 57.5 Å². The molecule has 0 heterocycles. The number of halogens is 2. The molecule has 0 bridgehead atoms. The van der Waals surface area contributed by atoms with Crippen LogP contribution in [-0.2, 0) is 10.7 Å². The van der Waals surface area contributed by atoms with Crippen molar-refractivity contribution < 1.29 is 0 Å². The molecule has 0 spiro atoms. The minimum Gasteiger partial charge on any atom is -0.0984 e. The molecule has 0 saturated carbocycles. The number of hydrogen-bond donors (Lipinski definition) is 0. The van der Waals surface area contributed by atoms with Crippen molar-refractivity contribution in [2.45, 2.75) is 17.6 Å². The molecule has 0 aromatic heterocycles. The fourth-order valence-corrected chi connectivity index (χ4v) is 2.47. The predicted molar refractivity (Wildman–Crippen MR) is 66.5 cm³/mol. The first-order valence-electron chi connectivity index (χ1n) is 4.10. The van der Waals surface area contributed by atoms with E-state index in [1.165, 1.54) is 22.3 Å². The van der Waals surface area contributed by atoms with Gasteiger partial charge in [0.15, 0.2) is 0 Å². The molecule has 0 fully saturated rings. The maximum absolute atomic E-state index is 3.84. The Morgan fingerprint density at radius 1 is 1.23 bits per heavy atom. The lowest BCUT2D eigenvalue weighted by Gasteiger charge is -2.10. The molecule has 2 heteroatoms. The summed E-state index contributed by atoms with van der Waals surface area (Å²) in [7, 11) is 0. The molecule has 0 radical (unpaired) electrons. The Balaban J connectivity index is 3.31. The van der Waals surface area contributed by atoms with Crippen LogP contribution in [0, 0.1) is 6.92 Å². The highest BCUT2D eigenvalue weighted by atomic mass is 79.9. The summed E-state index contributed by atoms with van der Waals surface area (Å²) in [5, 5.41) is 1.79. The summed E-state index contributed by atoms with van der Waals surface area (Å²) in [6.07, 6.45) is 1.93. The summed E-state index contributed by atoms with van der Waals surface area (Å²) >= 11 is 6.94. The van der Waals surface area contributed by atoms with Gasteiger partial charge in [-0.05, 0) is 29.2 Å². The van der Waals surface area contributed by atoms with E-state index in [0.29, 0.717) is 0 Å². The van der Waals surface area contributed by atoms with Crippen molar-refractivity contribution in [2.24, 2.45) is 0 Å². The zero-order chi connectivity index (χ0) is 9.84. The van der Waals surface area contributed by atoms with Crippen molar-refractivity contribution in [1.29, 1.82) is 0 Å². The van der Waals surface area contributed by atoms with Gasteiger partial charge >= 0.3 is 0 Å². The van der Waals surface area contributed by atoms with Crippen molar-refractivity contribution >= 4 is 37.9 Å². The molecule has 0 N–H and O–H groups in total. The van der Waals surface area contributed by atoms with Crippen LogP contribution in [0.15, 0.2) is 18.7 Å². The summed E-state index contributed by atoms with van der Waals surface area (Å²) in [6, 6.07) is 4.31. The molecule has 1 aromatic carbocycles. The van der Waals surface area contributed by atoms with Crippen LogP contribution in [0.4, 0.5) is 0 Å². The number of benzene rings is 1. The van der Waals surface area contributed by atoms with Gasteiger partial charge in [0.1, 0.15) is 0 Å². The van der Waals surface area contributed by atoms with Gasteiger partial charge in [-0.1, -0.05) is 56.6 Å². The minimum absolute atomic E-state index is 0.887. The topological polar surface area (TPSA) is 0 Å². The van der Waals surface area contributed by atoms with E-state index >= 15 is 0 Å². The highest BCUT2D eigenvalue weighted by Gasteiger charge is 2.05. The first-order chi connectivity index (χ1) is 6.24. The van der Waals surface area contributed by atoms with Gasteiger partial charge < -0.3 is 0 Å². The Hall–Kier alpha value is -0.0800. The van der Waals surface area contributed by atoms with E-state index in [-0.39, 0.29) is 0 Å². The SMILES string of the molecule is C=Cc1c(CBr)ccc(CBr)c1C. The van der Waals surface area contributed by atoms with E-state index in [0.717, 1.165) is 10.7 Å². The predicted octanol–water partition coefficient (Wildman–Crippen LogP) is 4.43. The summed E-state index contributed by atoms with van der Waals surface area (Å²) in [4.78, 5) is 0. The second-order valence-corrected chi connectivity index (χ2v) is 4.02. The Morgan fingerprint density at radius 2 is 1.77 bits per heavy atom. The van der Waals surface area contributed by atoms with E-state index < -0.39 is 0 Å². The van der Waals surface area contributed by atoms with Gasteiger partial charge in [0.2, 0.25) is 0 Å². The molecule has 0 atom stereocenters. The molecule has 0 nitrogen and oxygen atoms in total. The van der Waals surface area contributed by atoms with Crippen molar-refractivity contribution in [3.63, 3.8) is 0 Å². The van der Waals surface area contributed by atoms with Crippen LogP contribution in [0.3, 0.4) is 0 Å². The maximum atomic E-state index is 3.84. The standard InChI is InChI=1S/C11H12Br2/c1-3-11-8(2)9(6-12)4-5-10(11)7-13/h3-5H,1,6-7H2,2H3. The molecule has 0 aliphatic heterocycles. The lowest BCUT2D eigenvalue weighted by Crippen LogP contribution is -1.93. The minimum atomic E-state index is 0.887. The fraction of sp³-hybridized carbons (Fsp3) is 0.273. The molecule has 0 aliphatic carbocycles. The van der Waals surface area contributed by atoms with E-state index in [1.807, 2.05) is 6.08 Å². The third-order valence-corrected chi connectivity index (χ3v) is 3.42. The van der Waals surface area contributed by atoms with Crippen LogP contribution in [0.25, 0.3) is 6.08 Å². The summed E-state index contributed by atoms with van der Waals surface area (Å²) in [5.41, 5.74) is 5.22. The zero-order valence-corrected chi connectivity index (χ0v) is 10.8. The second kappa shape index (κ2) is 4.97. The zero-order valence-electron chi connectivity index (χ0n) is 7.61. The average Bonchev–Trinajstić information content (AvgIpc) is 2.17. The molecule has 13 heavy (non-hydrogen) atoms. The second-order valence-electron chi connectivity index (χ2n) is 2.89. The normalized spacial score (nSPS) is 10.1. The molecule has 70 valence electrons. The first kappa shape index (κ1) is 11.0. The Kier molecular flexibility index (Phi) is 4.20. The number of hydrogen-bond acceptors (Lipinski definition) is 0. The van der Waals surface area contributed by atoms with Crippen molar-refractivity contribution in [2.75, 3.05) is 0 Å². The van der Waals surface area contributed by atoms with Gasteiger partial charge in [-0.25, -0.2) is 0 Å². The van der Waals surface area contributed by atoms with Crippen molar-refractivity contribution in [1.82, 2.24) is 0 Å². The smallest absolute Gasteiger partial charge is 0.0289 e. The number of alkyl halides is 2. The van der Waals surface area contributed by atoms with Gasteiger partial charge in [0, 0.05) is 10.7 Å². The third-order valence-electron chi connectivity index (χ3n) is 2.21. The maximum Gasteiger partial charge on any atom is 0.0289 e. The van der Waals surface area contributed by atoms with Crippen LogP contribution in [0.1, 0.15) is 22.3 Å². The lowest BCUT2D eigenvalue weighted by atomic mass is 9.99. The van der Waals surface area contributed by atoms with Gasteiger partial charge in [0.05, 0.1) is 0 Å². The fourth-order valence-electron chi connectivity index (χ4n) is 1.38. The molecular weight excluding hydrogens is 292 g/mol. The Labute approximate surface area is 96.3 Å². The highest BCUT2D eigenvalue weighted by Crippen LogP contribution is 2.23. The van der Waals surface area contributed by atoms with E-state index in [9.17, 15) is 0 Å². The molecule has 0 unspecified atom stereocenters. The Morgan fingerprint density at radius 3 is 2.23 bits per heavy atom. The van der Waals surface area contributed by atoms with Crippen LogP contribution in [-0.4, -0.2) is 0 Å². The van der Waals surface area contributed by atoms with Crippen LogP contribution < -0.4 is 0 Å². The van der Waals surface area contributed by atoms with Gasteiger partial charge in [0.25, 0.3) is 0 Å². The molecule has 1 rings (SSSR count).